The van der Waals surface area contributed by atoms with E-state index >= 15 is 0 Å². The van der Waals surface area contributed by atoms with Gasteiger partial charge in [0.1, 0.15) is 5.70 Å². The number of nitrogens with one attached hydrogen (secondary N) is 2. The number of halogens is 1. The minimum atomic E-state index is -0.579. The Balaban J connectivity index is 1.62. The fourth-order valence-electron chi connectivity index (χ4n) is 3.16. The van der Waals surface area contributed by atoms with Gasteiger partial charge >= 0.3 is 5.97 Å². The molecule has 0 bridgehead atoms. The van der Waals surface area contributed by atoms with Gasteiger partial charge in [0.2, 0.25) is 6.79 Å². The number of carbonyl (C=O) groups is 3. The average Bonchev–Trinajstić information content (AvgIpc) is 3.31. The highest BCUT2D eigenvalue weighted by atomic mass is 79.9. The van der Waals surface area contributed by atoms with Gasteiger partial charge in [0.15, 0.2) is 11.5 Å². The van der Waals surface area contributed by atoms with Crippen molar-refractivity contribution in [2.45, 2.75) is 0 Å². The number of rotatable bonds is 6. The van der Waals surface area contributed by atoms with Crippen molar-refractivity contribution in [2.75, 3.05) is 19.2 Å². The van der Waals surface area contributed by atoms with E-state index in [-0.39, 0.29) is 18.1 Å². The van der Waals surface area contributed by atoms with Crippen molar-refractivity contribution in [3.8, 4) is 11.5 Å². The van der Waals surface area contributed by atoms with Crippen LogP contribution in [0.15, 0.2) is 76.9 Å². The van der Waals surface area contributed by atoms with Crippen LogP contribution in [0.5, 0.6) is 11.5 Å². The highest BCUT2D eigenvalue weighted by Gasteiger charge is 2.18. The fraction of sp³-hybridized carbons (Fsp3) is 0.0800. The lowest BCUT2D eigenvalue weighted by Gasteiger charge is -2.12. The molecule has 0 saturated carbocycles. The number of benzene rings is 3. The van der Waals surface area contributed by atoms with Crippen molar-refractivity contribution in [3.63, 3.8) is 0 Å². The monoisotopic (exact) mass is 522 g/mol. The van der Waals surface area contributed by atoms with Gasteiger partial charge in [-0.15, -0.1) is 0 Å². The normalized spacial score (nSPS) is 12.1. The van der Waals surface area contributed by atoms with Crippen LogP contribution < -0.4 is 20.1 Å². The molecule has 0 aliphatic carbocycles. The second-order valence-corrected chi connectivity index (χ2v) is 8.07. The Kier molecular flexibility index (Phi) is 6.93. The molecule has 0 unspecified atom stereocenters. The molecule has 0 fully saturated rings. The summed E-state index contributed by atoms with van der Waals surface area (Å²) in [5.74, 6) is -0.431. The van der Waals surface area contributed by atoms with Gasteiger partial charge < -0.3 is 24.8 Å². The van der Waals surface area contributed by atoms with E-state index in [1.165, 1.54) is 19.3 Å². The first-order valence-corrected chi connectivity index (χ1v) is 10.9. The molecule has 0 atom stereocenters. The smallest absolute Gasteiger partial charge is 0.337 e. The molecular weight excluding hydrogens is 504 g/mol. The van der Waals surface area contributed by atoms with Crippen molar-refractivity contribution < 1.29 is 28.6 Å². The molecule has 0 spiro atoms. The van der Waals surface area contributed by atoms with Crippen LogP contribution in [0, 0.1) is 0 Å². The molecule has 2 N–H and O–H groups in total. The number of hydrogen-bond acceptors (Lipinski definition) is 6. The van der Waals surface area contributed by atoms with Crippen LogP contribution in [0.4, 0.5) is 5.69 Å². The van der Waals surface area contributed by atoms with Crippen LogP contribution in [0.2, 0.25) is 0 Å². The van der Waals surface area contributed by atoms with E-state index in [1.807, 2.05) is 0 Å². The van der Waals surface area contributed by atoms with Crippen molar-refractivity contribution >= 4 is 45.5 Å². The summed E-state index contributed by atoms with van der Waals surface area (Å²) in [6.45, 7) is 0.118. The Morgan fingerprint density at radius 2 is 1.71 bits per heavy atom. The second kappa shape index (κ2) is 10.2. The van der Waals surface area contributed by atoms with Gasteiger partial charge in [-0.05, 0) is 66.2 Å². The first kappa shape index (κ1) is 23.1. The predicted molar refractivity (Wildman–Crippen MR) is 129 cm³/mol. The van der Waals surface area contributed by atoms with Gasteiger partial charge in [-0.3, -0.25) is 9.59 Å². The van der Waals surface area contributed by atoms with Crippen LogP contribution in [0.25, 0.3) is 6.08 Å². The molecule has 34 heavy (non-hydrogen) atoms. The Hall–Kier alpha value is -4.11. The Labute approximate surface area is 203 Å². The van der Waals surface area contributed by atoms with E-state index in [4.69, 9.17) is 14.2 Å². The number of anilines is 1. The second-order valence-electron chi connectivity index (χ2n) is 7.16. The topological polar surface area (TPSA) is 103 Å². The Morgan fingerprint density at radius 1 is 0.941 bits per heavy atom. The summed E-state index contributed by atoms with van der Waals surface area (Å²) in [7, 11) is 1.28. The summed E-state index contributed by atoms with van der Waals surface area (Å²) in [4.78, 5) is 37.8. The van der Waals surface area contributed by atoms with Gasteiger partial charge in [0.25, 0.3) is 11.8 Å². The van der Waals surface area contributed by atoms with Gasteiger partial charge in [-0.2, -0.15) is 0 Å². The van der Waals surface area contributed by atoms with Crippen LogP contribution in [-0.4, -0.2) is 31.7 Å². The molecule has 3 aromatic rings. The molecule has 0 aromatic heterocycles. The van der Waals surface area contributed by atoms with Crippen LogP contribution in [0.3, 0.4) is 0 Å². The van der Waals surface area contributed by atoms with E-state index in [1.54, 1.807) is 60.7 Å². The largest absolute Gasteiger partial charge is 0.465 e. The van der Waals surface area contributed by atoms with Crippen molar-refractivity contribution in [2.24, 2.45) is 0 Å². The maximum Gasteiger partial charge on any atom is 0.337 e. The number of ether oxygens (including phenoxy) is 3. The zero-order valence-corrected chi connectivity index (χ0v) is 19.5. The van der Waals surface area contributed by atoms with E-state index in [2.05, 4.69) is 26.6 Å². The van der Waals surface area contributed by atoms with Gasteiger partial charge in [-0.1, -0.05) is 28.1 Å². The van der Waals surface area contributed by atoms with Gasteiger partial charge in [-0.25, -0.2) is 4.79 Å². The van der Waals surface area contributed by atoms with Crippen LogP contribution in [-0.2, 0) is 9.53 Å². The Morgan fingerprint density at radius 3 is 2.47 bits per heavy atom. The lowest BCUT2D eigenvalue weighted by molar-refractivity contribution is -0.113. The van der Waals surface area contributed by atoms with E-state index in [0.717, 1.165) is 4.47 Å². The minimum Gasteiger partial charge on any atom is -0.465 e. The molecule has 1 heterocycles. The zero-order chi connectivity index (χ0) is 24.1. The Bertz CT molecular complexity index is 1290. The highest BCUT2D eigenvalue weighted by molar-refractivity contribution is 9.10. The molecular formula is C25H19BrN2O6. The van der Waals surface area contributed by atoms with E-state index < -0.39 is 17.8 Å². The number of amides is 2. The minimum absolute atomic E-state index is 0.00439. The van der Waals surface area contributed by atoms with Crippen molar-refractivity contribution in [1.82, 2.24) is 5.32 Å². The molecule has 4 rings (SSSR count). The highest BCUT2D eigenvalue weighted by Crippen LogP contribution is 2.33. The predicted octanol–water partition coefficient (Wildman–Crippen LogP) is 4.37. The summed E-state index contributed by atoms with van der Waals surface area (Å²) in [5, 5.41) is 5.38. The summed E-state index contributed by atoms with van der Waals surface area (Å²) < 4.78 is 16.3. The molecule has 2 amide bonds. The third kappa shape index (κ3) is 5.44. The van der Waals surface area contributed by atoms with E-state index in [0.29, 0.717) is 28.3 Å². The standard InChI is InChI=1S/C25H19BrN2O6/c1-32-25(31)17-3-2-4-19(13-17)27-24(30)20(28-23(29)16-6-8-18(26)9-7-16)11-15-5-10-21-22(12-15)34-14-33-21/h2-13H,14H2,1H3,(H,27,30)(H,28,29). The van der Waals surface area contributed by atoms with Crippen LogP contribution >= 0.6 is 15.9 Å². The third-order valence-corrected chi connectivity index (χ3v) is 5.38. The summed E-state index contributed by atoms with van der Waals surface area (Å²) >= 11 is 3.33. The maximum absolute atomic E-state index is 13.1. The number of methoxy groups -OCH3 is 1. The number of hydrogen-bond donors (Lipinski definition) is 2. The van der Waals surface area contributed by atoms with Crippen molar-refractivity contribution in [3.05, 3.63) is 93.6 Å². The lowest BCUT2D eigenvalue weighted by Crippen LogP contribution is -2.30. The number of fused-ring (bicyclic) bond motifs is 1. The molecule has 1 aliphatic rings. The number of carbonyl (C=O) groups excluding carboxylic acids is 3. The maximum atomic E-state index is 13.1. The van der Waals surface area contributed by atoms with Crippen LogP contribution in [0.1, 0.15) is 26.3 Å². The number of esters is 1. The molecule has 172 valence electrons. The SMILES string of the molecule is COC(=O)c1cccc(NC(=O)C(=Cc2ccc3c(c2)OCO3)NC(=O)c2ccc(Br)cc2)c1. The molecule has 1 aliphatic heterocycles. The third-order valence-electron chi connectivity index (χ3n) is 4.85. The zero-order valence-electron chi connectivity index (χ0n) is 18.0. The quantitative estimate of drug-likeness (QED) is 0.368. The molecule has 0 radical (unpaired) electrons. The average molecular weight is 523 g/mol. The lowest BCUT2D eigenvalue weighted by atomic mass is 10.1. The first-order chi connectivity index (χ1) is 16.4. The summed E-state index contributed by atoms with van der Waals surface area (Å²) in [5.41, 5.74) is 1.63. The van der Waals surface area contributed by atoms with E-state index in [9.17, 15) is 14.4 Å². The summed E-state index contributed by atoms with van der Waals surface area (Å²) in [6.07, 6.45) is 1.53. The molecule has 9 heteroatoms. The molecule has 3 aromatic carbocycles. The first-order valence-electron chi connectivity index (χ1n) is 10.1. The molecule has 8 nitrogen and oxygen atoms in total. The summed E-state index contributed by atoms with van der Waals surface area (Å²) in [6, 6.07) is 18.2. The van der Waals surface area contributed by atoms with Gasteiger partial charge in [0.05, 0.1) is 12.7 Å². The van der Waals surface area contributed by atoms with Gasteiger partial charge in [0, 0.05) is 15.7 Å². The fourth-order valence-corrected chi connectivity index (χ4v) is 3.43. The van der Waals surface area contributed by atoms with Crippen molar-refractivity contribution in [1.29, 1.82) is 0 Å². The molecule has 0 saturated heterocycles.